The molecule has 1 heterocycles. The van der Waals surface area contributed by atoms with E-state index in [0.29, 0.717) is 32.8 Å². The van der Waals surface area contributed by atoms with Crippen molar-refractivity contribution in [3.05, 3.63) is 10.4 Å². The molecule has 0 bridgehead atoms. The summed E-state index contributed by atoms with van der Waals surface area (Å²) in [5.41, 5.74) is 8.15. The molecular weight excluding hydrogens is 198 g/mol. The lowest BCUT2D eigenvalue weighted by molar-refractivity contribution is -0.131. The average Bonchev–Trinajstić information content (AvgIpc) is 2.29. The Morgan fingerprint density at radius 1 is 1.80 bits per heavy atom. The number of likely N-dealkylation sites (N-methyl/N-ethyl adjacent to an activating group) is 1. The summed E-state index contributed by atoms with van der Waals surface area (Å²) in [7, 11) is 1.60. The fraction of sp³-hybridized carbons (Fsp3) is 0.875. The van der Waals surface area contributed by atoms with E-state index in [-0.39, 0.29) is 11.9 Å². The van der Waals surface area contributed by atoms with Crippen LogP contribution in [0.3, 0.4) is 0 Å². The first-order valence-electron chi connectivity index (χ1n) is 4.84. The van der Waals surface area contributed by atoms with Gasteiger partial charge in [-0.2, -0.15) is 0 Å². The second-order valence-corrected chi connectivity index (χ2v) is 3.20. The van der Waals surface area contributed by atoms with Gasteiger partial charge < -0.3 is 10.1 Å². The Balaban J connectivity index is 2.49. The lowest BCUT2D eigenvalue weighted by Gasteiger charge is -2.33. The summed E-state index contributed by atoms with van der Waals surface area (Å²) in [4.78, 5) is 16.1. The number of carbonyl (C=O) groups is 1. The van der Waals surface area contributed by atoms with Crippen LogP contribution in [-0.2, 0) is 9.53 Å². The van der Waals surface area contributed by atoms with E-state index in [0.717, 1.165) is 0 Å². The molecule has 1 unspecified atom stereocenters. The zero-order valence-corrected chi connectivity index (χ0v) is 8.72. The molecule has 1 rings (SSSR count). The molecule has 1 saturated heterocycles. The average molecular weight is 213 g/mol. The Bertz CT molecular complexity index is 264. The molecule has 1 N–H and O–H groups in total. The number of ether oxygens (including phenoxy) is 1. The molecule has 7 nitrogen and oxygen atoms in total. The molecule has 1 aliphatic heterocycles. The molecule has 0 aromatic carbocycles. The van der Waals surface area contributed by atoms with Crippen LogP contribution in [-0.4, -0.2) is 56.7 Å². The highest BCUT2D eigenvalue weighted by atomic mass is 16.5. The van der Waals surface area contributed by atoms with Gasteiger partial charge in [-0.1, -0.05) is 5.11 Å². The zero-order chi connectivity index (χ0) is 11.1. The van der Waals surface area contributed by atoms with E-state index in [1.165, 1.54) is 0 Å². The molecule has 1 amide bonds. The van der Waals surface area contributed by atoms with Gasteiger partial charge in [-0.15, -0.1) is 0 Å². The third kappa shape index (κ3) is 3.39. The molecule has 7 heteroatoms. The van der Waals surface area contributed by atoms with E-state index < -0.39 is 0 Å². The SMILES string of the molecule is CNC(=O)C1COCCN1CCN=[N+]=[N-]. The highest BCUT2D eigenvalue weighted by Crippen LogP contribution is 2.06. The van der Waals surface area contributed by atoms with Gasteiger partial charge in [0.05, 0.1) is 13.2 Å². The molecule has 1 aliphatic rings. The van der Waals surface area contributed by atoms with Crippen LogP contribution in [0.5, 0.6) is 0 Å². The van der Waals surface area contributed by atoms with Gasteiger partial charge in [0.1, 0.15) is 6.04 Å². The van der Waals surface area contributed by atoms with Crippen molar-refractivity contribution in [2.24, 2.45) is 5.11 Å². The topological polar surface area (TPSA) is 90.3 Å². The second-order valence-electron chi connectivity index (χ2n) is 3.20. The number of carbonyl (C=O) groups excluding carboxylic acids is 1. The maximum Gasteiger partial charge on any atom is 0.239 e. The van der Waals surface area contributed by atoms with E-state index in [4.69, 9.17) is 10.3 Å². The lowest BCUT2D eigenvalue weighted by atomic mass is 10.2. The van der Waals surface area contributed by atoms with E-state index in [2.05, 4.69) is 15.3 Å². The van der Waals surface area contributed by atoms with Crippen LogP contribution in [0.15, 0.2) is 5.11 Å². The molecule has 0 saturated carbocycles. The number of hydrogen-bond acceptors (Lipinski definition) is 4. The van der Waals surface area contributed by atoms with Crippen LogP contribution in [0, 0.1) is 0 Å². The van der Waals surface area contributed by atoms with Crippen molar-refractivity contribution >= 4 is 5.91 Å². The molecular formula is C8H15N5O2. The number of rotatable bonds is 4. The summed E-state index contributed by atoms with van der Waals surface area (Å²) >= 11 is 0. The maximum atomic E-state index is 11.5. The van der Waals surface area contributed by atoms with Gasteiger partial charge in [0, 0.05) is 31.6 Å². The molecule has 0 radical (unpaired) electrons. The predicted molar refractivity (Wildman–Crippen MR) is 54.3 cm³/mol. The number of nitrogens with zero attached hydrogens (tertiary/aromatic N) is 4. The minimum absolute atomic E-state index is 0.0596. The highest BCUT2D eigenvalue weighted by molar-refractivity contribution is 5.81. The van der Waals surface area contributed by atoms with Crippen molar-refractivity contribution in [2.45, 2.75) is 6.04 Å². The van der Waals surface area contributed by atoms with Crippen molar-refractivity contribution in [2.75, 3.05) is 39.9 Å². The Labute approximate surface area is 88.0 Å². The molecule has 15 heavy (non-hydrogen) atoms. The summed E-state index contributed by atoms with van der Waals surface area (Å²) in [6.45, 7) is 2.67. The van der Waals surface area contributed by atoms with Crippen LogP contribution in [0.2, 0.25) is 0 Å². The molecule has 0 aromatic rings. The van der Waals surface area contributed by atoms with Gasteiger partial charge in [0.15, 0.2) is 0 Å². The third-order valence-electron chi connectivity index (χ3n) is 2.34. The minimum Gasteiger partial charge on any atom is -0.378 e. The van der Waals surface area contributed by atoms with Crippen LogP contribution >= 0.6 is 0 Å². The van der Waals surface area contributed by atoms with Crippen LogP contribution in [0.1, 0.15) is 0 Å². The Morgan fingerprint density at radius 2 is 2.60 bits per heavy atom. The summed E-state index contributed by atoms with van der Waals surface area (Å²) in [5, 5.41) is 6.04. The molecule has 84 valence electrons. The van der Waals surface area contributed by atoms with Crippen LogP contribution < -0.4 is 5.32 Å². The Hall–Kier alpha value is -1.30. The third-order valence-corrected chi connectivity index (χ3v) is 2.34. The quantitative estimate of drug-likeness (QED) is 0.396. The summed E-state index contributed by atoms with van der Waals surface area (Å²) < 4.78 is 5.24. The largest absolute Gasteiger partial charge is 0.378 e. The fourth-order valence-electron chi connectivity index (χ4n) is 1.53. The summed E-state index contributed by atoms with van der Waals surface area (Å²) in [6, 6.07) is -0.266. The van der Waals surface area contributed by atoms with Crippen LogP contribution in [0.4, 0.5) is 0 Å². The van der Waals surface area contributed by atoms with E-state index in [9.17, 15) is 4.79 Å². The standard InChI is InChI=1S/C8H15N5O2/c1-10-8(14)7-6-15-5-4-13(7)3-2-11-12-9/h7H,2-6H2,1H3,(H,10,14). The summed E-state index contributed by atoms with van der Waals surface area (Å²) in [5.74, 6) is -0.0596. The summed E-state index contributed by atoms with van der Waals surface area (Å²) in [6.07, 6.45) is 0. The van der Waals surface area contributed by atoms with Crippen molar-refractivity contribution < 1.29 is 9.53 Å². The second kappa shape index (κ2) is 6.23. The Kier molecular flexibility index (Phi) is 4.89. The van der Waals surface area contributed by atoms with Gasteiger partial charge in [0.25, 0.3) is 0 Å². The number of morpholine rings is 1. The normalized spacial score (nSPS) is 21.8. The fourth-order valence-corrected chi connectivity index (χ4v) is 1.53. The number of amides is 1. The van der Waals surface area contributed by atoms with Gasteiger partial charge >= 0.3 is 0 Å². The molecule has 0 spiro atoms. The van der Waals surface area contributed by atoms with Crippen molar-refractivity contribution in [3.63, 3.8) is 0 Å². The maximum absolute atomic E-state index is 11.5. The Morgan fingerprint density at radius 3 is 3.27 bits per heavy atom. The molecule has 0 aromatic heterocycles. The molecule has 1 atom stereocenters. The van der Waals surface area contributed by atoms with Crippen molar-refractivity contribution in [1.29, 1.82) is 0 Å². The van der Waals surface area contributed by atoms with Gasteiger partial charge in [-0.25, -0.2) is 0 Å². The number of nitrogens with one attached hydrogen (secondary N) is 1. The molecule has 1 fully saturated rings. The van der Waals surface area contributed by atoms with Crippen LogP contribution in [0.25, 0.3) is 10.4 Å². The monoisotopic (exact) mass is 213 g/mol. The first-order valence-corrected chi connectivity index (χ1v) is 4.84. The molecule has 0 aliphatic carbocycles. The van der Waals surface area contributed by atoms with Crippen molar-refractivity contribution in [1.82, 2.24) is 10.2 Å². The van der Waals surface area contributed by atoms with E-state index in [1.807, 2.05) is 4.90 Å². The van der Waals surface area contributed by atoms with Gasteiger partial charge in [-0.3, -0.25) is 9.69 Å². The number of azide groups is 1. The van der Waals surface area contributed by atoms with E-state index in [1.54, 1.807) is 7.05 Å². The highest BCUT2D eigenvalue weighted by Gasteiger charge is 2.27. The van der Waals surface area contributed by atoms with Gasteiger partial charge in [0.2, 0.25) is 5.91 Å². The zero-order valence-electron chi connectivity index (χ0n) is 8.72. The predicted octanol–water partition coefficient (Wildman–Crippen LogP) is -0.257. The number of hydrogen-bond donors (Lipinski definition) is 1. The smallest absolute Gasteiger partial charge is 0.239 e. The minimum atomic E-state index is -0.266. The van der Waals surface area contributed by atoms with E-state index >= 15 is 0 Å². The van der Waals surface area contributed by atoms with Crippen molar-refractivity contribution in [3.8, 4) is 0 Å². The van der Waals surface area contributed by atoms with Gasteiger partial charge in [-0.05, 0) is 5.53 Å². The lowest BCUT2D eigenvalue weighted by Crippen LogP contribution is -2.53. The first kappa shape index (κ1) is 11.8. The first-order chi connectivity index (χ1) is 7.29.